The molecule has 15 heavy (non-hydrogen) atoms. The molecule has 0 amide bonds. The monoisotopic (exact) mass is 216 g/mol. The maximum absolute atomic E-state index is 11.0. The van der Waals surface area contributed by atoms with E-state index in [9.17, 15) is 9.59 Å². The van der Waals surface area contributed by atoms with Crippen molar-refractivity contribution in [2.24, 2.45) is 0 Å². The largest absolute Gasteiger partial charge is 0.466 e. The van der Waals surface area contributed by atoms with Crippen molar-refractivity contribution in [3.8, 4) is 0 Å². The van der Waals surface area contributed by atoms with E-state index in [0.717, 1.165) is 19.1 Å². The molecule has 0 saturated carbocycles. The van der Waals surface area contributed by atoms with Gasteiger partial charge in [-0.05, 0) is 6.42 Å². The fraction of sp³-hybridized carbons (Fsp3) is 0.600. The fourth-order valence-electron chi connectivity index (χ4n) is 0.736. The molecule has 0 bridgehead atoms. The zero-order chi connectivity index (χ0) is 11.5. The molecule has 0 aromatic heterocycles. The van der Waals surface area contributed by atoms with E-state index in [1.807, 2.05) is 6.92 Å². The molecular formula is C10H16O5. The average molecular weight is 216 g/mol. The Hall–Kier alpha value is -1.52. The lowest BCUT2D eigenvalue weighted by Gasteiger charge is -2.02. The summed E-state index contributed by atoms with van der Waals surface area (Å²) in [6.07, 6.45) is 2.72. The maximum atomic E-state index is 11.0. The first-order chi connectivity index (χ1) is 7.20. The molecular weight excluding hydrogens is 200 g/mol. The van der Waals surface area contributed by atoms with Gasteiger partial charge in [0.25, 0.3) is 0 Å². The molecule has 0 atom stereocenters. The summed E-state index contributed by atoms with van der Waals surface area (Å²) in [5.74, 6) is -1.03. The number of ether oxygens (including phenoxy) is 1. The molecule has 0 fully saturated rings. The van der Waals surface area contributed by atoms with Crippen molar-refractivity contribution in [2.75, 3.05) is 6.61 Å². The number of hydrogen-bond acceptors (Lipinski definition) is 5. The minimum atomic E-state index is -0.623. The van der Waals surface area contributed by atoms with Crippen LogP contribution >= 0.6 is 0 Å². The van der Waals surface area contributed by atoms with Gasteiger partial charge in [-0.1, -0.05) is 19.9 Å². The molecule has 0 aromatic rings. The lowest BCUT2D eigenvalue weighted by atomic mass is 10.3. The SMILES string of the molecule is C=COOC(=O)CCC(=O)OCCCC. The summed E-state index contributed by atoms with van der Waals surface area (Å²) in [5, 5.41) is 0. The van der Waals surface area contributed by atoms with Crippen LogP contribution in [0.3, 0.4) is 0 Å². The molecule has 86 valence electrons. The van der Waals surface area contributed by atoms with E-state index in [0.29, 0.717) is 6.61 Å². The Kier molecular flexibility index (Phi) is 8.13. The van der Waals surface area contributed by atoms with Crippen LogP contribution in [0.4, 0.5) is 0 Å². The standard InChI is InChI=1S/C10H16O5/c1-3-5-8-13-9(11)6-7-10(12)15-14-4-2/h4H,2-3,5-8H2,1H3. The summed E-state index contributed by atoms with van der Waals surface area (Å²) in [4.78, 5) is 30.2. The van der Waals surface area contributed by atoms with Crippen molar-refractivity contribution < 1.29 is 24.1 Å². The highest BCUT2D eigenvalue weighted by atomic mass is 17.2. The van der Waals surface area contributed by atoms with Crippen molar-refractivity contribution in [3.63, 3.8) is 0 Å². The van der Waals surface area contributed by atoms with E-state index in [-0.39, 0.29) is 12.8 Å². The molecule has 0 heterocycles. The predicted molar refractivity (Wildman–Crippen MR) is 52.5 cm³/mol. The van der Waals surface area contributed by atoms with Gasteiger partial charge in [-0.25, -0.2) is 4.79 Å². The minimum Gasteiger partial charge on any atom is -0.466 e. The second kappa shape index (κ2) is 9.05. The molecule has 0 rings (SSSR count). The molecule has 0 saturated heterocycles. The third kappa shape index (κ3) is 8.80. The fourth-order valence-corrected chi connectivity index (χ4v) is 0.736. The number of rotatable bonds is 8. The van der Waals surface area contributed by atoms with E-state index < -0.39 is 11.9 Å². The van der Waals surface area contributed by atoms with Crippen molar-refractivity contribution in [2.45, 2.75) is 32.6 Å². The van der Waals surface area contributed by atoms with Gasteiger partial charge in [0.1, 0.15) is 6.26 Å². The Bertz CT molecular complexity index is 212. The van der Waals surface area contributed by atoms with Gasteiger partial charge >= 0.3 is 11.9 Å². The zero-order valence-electron chi connectivity index (χ0n) is 8.86. The molecule has 0 N–H and O–H groups in total. The Morgan fingerprint density at radius 3 is 2.53 bits per heavy atom. The van der Waals surface area contributed by atoms with E-state index in [1.54, 1.807) is 0 Å². The second-order valence-corrected chi connectivity index (χ2v) is 2.79. The zero-order valence-corrected chi connectivity index (χ0v) is 8.86. The maximum Gasteiger partial charge on any atom is 0.355 e. The molecule has 5 nitrogen and oxygen atoms in total. The minimum absolute atomic E-state index is 0.00303. The molecule has 0 aromatic carbocycles. The van der Waals surface area contributed by atoms with Crippen LogP contribution in [0.5, 0.6) is 0 Å². The van der Waals surface area contributed by atoms with Crippen molar-refractivity contribution >= 4 is 11.9 Å². The smallest absolute Gasteiger partial charge is 0.355 e. The van der Waals surface area contributed by atoms with Crippen LogP contribution in [-0.4, -0.2) is 18.5 Å². The van der Waals surface area contributed by atoms with Crippen molar-refractivity contribution in [1.82, 2.24) is 0 Å². The molecule has 5 heteroatoms. The Balaban J connectivity index is 3.44. The summed E-state index contributed by atoms with van der Waals surface area (Å²) in [5.41, 5.74) is 0. The Morgan fingerprint density at radius 2 is 1.93 bits per heavy atom. The second-order valence-electron chi connectivity index (χ2n) is 2.79. The normalized spacial score (nSPS) is 9.13. The lowest BCUT2D eigenvalue weighted by Crippen LogP contribution is -2.10. The molecule has 0 aliphatic carbocycles. The highest BCUT2D eigenvalue weighted by Crippen LogP contribution is 1.98. The van der Waals surface area contributed by atoms with Gasteiger partial charge in [0.15, 0.2) is 0 Å². The van der Waals surface area contributed by atoms with Crippen LogP contribution in [0, 0.1) is 0 Å². The Morgan fingerprint density at radius 1 is 1.27 bits per heavy atom. The number of unbranched alkanes of at least 4 members (excludes halogenated alkanes) is 1. The summed E-state index contributed by atoms with van der Waals surface area (Å²) in [6.45, 7) is 5.58. The Labute approximate surface area is 88.9 Å². The first kappa shape index (κ1) is 13.5. The van der Waals surface area contributed by atoms with E-state index in [4.69, 9.17) is 4.74 Å². The van der Waals surface area contributed by atoms with Crippen molar-refractivity contribution in [1.29, 1.82) is 0 Å². The quantitative estimate of drug-likeness (QED) is 0.203. The summed E-state index contributed by atoms with van der Waals surface area (Å²) in [7, 11) is 0. The highest BCUT2D eigenvalue weighted by molar-refractivity contribution is 5.77. The average Bonchev–Trinajstić information content (AvgIpc) is 2.24. The highest BCUT2D eigenvalue weighted by Gasteiger charge is 2.09. The molecule has 0 unspecified atom stereocenters. The van der Waals surface area contributed by atoms with Gasteiger partial charge in [-0.2, -0.15) is 0 Å². The van der Waals surface area contributed by atoms with Gasteiger partial charge < -0.3 is 4.74 Å². The number of carbonyl (C=O) groups excluding carboxylic acids is 2. The summed E-state index contributed by atoms with van der Waals surface area (Å²) >= 11 is 0. The third-order valence-electron chi connectivity index (χ3n) is 1.50. The first-order valence-corrected chi connectivity index (χ1v) is 4.83. The predicted octanol–water partition coefficient (Wildman–Crippen LogP) is 1.73. The summed E-state index contributed by atoms with van der Waals surface area (Å²) in [6, 6.07) is 0. The van der Waals surface area contributed by atoms with E-state index in [1.165, 1.54) is 0 Å². The van der Waals surface area contributed by atoms with Gasteiger partial charge in [0.05, 0.1) is 19.4 Å². The molecule has 0 aliphatic heterocycles. The summed E-state index contributed by atoms with van der Waals surface area (Å²) < 4.78 is 4.83. The number of carbonyl (C=O) groups is 2. The molecule has 0 spiro atoms. The first-order valence-electron chi connectivity index (χ1n) is 4.83. The van der Waals surface area contributed by atoms with Gasteiger partial charge in [-0.15, -0.1) is 0 Å². The molecule has 0 radical (unpaired) electrons. The van der Waals surface area contributed by atoms with Gasteiger partial charge in [-0.3, -0.25) is 14.6 Å². The van der Waals surface area contributed by atoms with Crippen LogP contribution in [0.1, 0.15) is 32.6 Å². The topological polar surface area (TPSA) is 61.8 Å². The third-order valence-corrected chi connectivity index (χ3v) is 1.50. The molecule has 0 aliphatic rings. The van der Waals surface area contributed by atoms with Gasteiger partial charge in [0.2, 0.25) is 0 Å². The van der Waals surface area contributed by atoms with Crippen LogP contribution in [0.25, 0.3) is 0 Å². The van der Waals surface area contributed by atoms with Crippen LogP contribution in [0.2, 0.25) is 0 Å². The lowest BCUT2D eigenvalue weighted by molar-refractivity contribution is -0.238. The van der Waals surface area contributed by atoms with Crippen LogP contribution in [-0.2, 0) is 24.1 Å². The van der Waals surface area contributed by atoms with Crippen LogP contribution in [0.15, 0.2) is 12.8 Å². The van der Waals surface area contributed by atoms with Crippen molar-refractivity contribution in [3.05, 3.63) is 12.8 Å². The number of esters is 1. The van der Waals surface area contributed by atoms with Crippen LogP contribution < -0.4 is 0 Å². The number of hydrogen-bond donors (Lipinski definition) is 0. The van der Waals surface area contributed by atoms with Gasteiger partial charge in [0, 0.05) is 0 Å². The van der Waals surface area contributed by atoms with E-state index >= 15 is 0 Å². The van der Waals surface area contributed by atoms with E-state index in [2.05, 4.69) is 16.4 Å².